The summed E-state index contributed by atoms with van der Waals surface area (Å²) in [7, 11) is -3.43. The highest BCUT2D eigenvalue weighted by Gasteiger charge is 2.03. The monoisotopic (exact) mass is 291 g/mol. The van der Waals surface area contributed by atoms with Crippen molar-refractivity contribution in [2.75, 3.05) is 17.6 Å². The molecule has 0 aliphatic carbocycles. The maximum atomic E-state index is 10.8. The van der Waals surface area contributed by atoms with E-state index in [0.29, 0.717) is 30.0 Å². The van der Waals surface area contributed by atoms with E-state index in [1.165, 1.54) is 0 Å². The first-order valence-electron chi connectivity index (χ1n) is 5.89. The van der Waals surface area contributed by atoms with Crippen molar-refractivity contribution in [1.29, 1.82) is 5.26 Å². The maximum Gasteiger partial charge on any atom is 0.223 e. The summed E-state index contributed by atoms with van der Waals surface area (Å²) in [4.78, 5) is 8.38. The summed E-state index contributed by atoms with van der Waals surface area (Å²) in [5, 5.41) is 17.4. The Morgan fingerprint density at radius 2 is 2.20 bits per heavy atom. The van der Waals surface area contributed by atoms with Gasteiger partial charge in [0.2, 0.25) is 16.0 Å². The molecule has 0 amide bonds. The molecule has 0 spiro atoms. The fraction of sp³-hybridized carbons (Fsp3) is 0.250. The first-order chi connectivity index (χ1) is 9.48. The van der Waals surface area contributed by atoms with Crippen LogP contribution in [0, 0.1) is 11.3 Å². The molecule has 0 aliphatic rings. The molecule has 0 radical (unpaired) electrons. The number of sulfonamides is 1. The Morgan fingerprint density at radius 1 is 1.40 bits per heavy atom. The van der Waals surface area contributed by atoms with E-state index in [1.54, 1.807) is 24.4 Å². The number of anilines is 1. The molecule has 2 rings (SSSR count). The number of hydrogen-bond donors (Lipinski definition) is 2. The molecule has 104 valence electrons. The van der Waals surface area contributed by atoms with Crippen molar-refractivity contribution >= 4 is 26.9 Å². The minimum absolute atomic E-state index is 0.0842. The summed E-state index contributed by atoms with van der Waals surface area (Å²) in [5.41, 5.74) is 1.27. The van der Waals surface area contributed by atoms with Crippen LogP contribution in [0.25, 0.3) is 10.9 Å². The lowest BCUT2D eigenvalue weighted by molar-refractivity contribution is 0.595. The quantitative estimate of drug-likeness (QED) is 0.777. The molecule has 7 nitrogen and oxygen atoms in total. The normalized spacial score (nSPS) is 11.2. The second-order valence-corrected chi connectivity index (χ2v) is 5.96. The van der Waals surface area contributed by atoms with Crippen LogP contribution in [0.4, 0.5) is 5.95 Å². The van der Waals surface area contributed by atoms with Crippen LogP contribution in [0.1, 0.15) is 12.0 Å². The van der Waals surface area contributed by atoms with Gasteiger partial charge in [0.05, 0.1) is 22.9 Å². The van der Waals surface area contributed by atoms with Crippen LogP contribution >= 0.6 is 0 Å². The number of nitrogens with one attached hydrogen (secondary N) is 1. The average molecular weight is 291 g/mol. The number of rotatable bonds is 5. The van der Waals surface area contributed by atoms with Crippen LogP contribution in [-0.2, 0) is 10.0 Å². The number of hydrogen-bond acceptors (Lipinski definition) is 6. The van der Waals surface area contributed by atoms with Gasteiger partial charge in [-0.1, -0.05) is 0 Å². The SMILES string of the molecule is N#Cc1ccc2nc(NCCCS(N)(=O)=O)ncc2c1. The molecule has 1 aromatic heterocycles. The molecule has 3 N–H and O–H groups in total. The molecule has 1 heterocycles. The lowest BCUT2D eigenvalue weighted by Crippen LogP contribution is -2.19. The molecule has 0 atom stereocenters. The molecule has 1 aromatic carbocycles. The molecular formula is C12H13N5O2S. The zero-order valence-electron chi connectivity index (χ0n) is 10.6. The highest BCUT2D eigenvalue weighted by atomic mass is 32.2. The van der Waals surface area contributed by atoms with Gasteiger partial charge in [0.25, 0.3) is 0 Å². The Morgan fingerprint density at radius 3 is 2.90 bits per heavy atom. The van der Waals surface area contributed by atoms with Crippen LogP contribution in [-0.4, -0.2) is 30.7 Å². The van der Waals surface area contributed by atoms with E-state index >= 15 is 0 Å². The Balaban J connectivity index is 2.03. The van der Waals surface area contributed by atoms with E-state index in [9.17, 15) is 8.42 Å². The molecule has 0 aliphatic heterocycles. The smallest absolute Gasteiger partial charge is 0.223 e. The fourth-order valence-corrected chi connectivity index (χ4v) is 2.21. The van der Waals surface area contributed by atoms with Crippen LogP contribution in [0.15, 0.2) is 24.4 Å². The van der Waals surface area contributed by atoms with Gasteiger partial charge in [0, 0.05) is 18.1 Å². The van der Waals surface area contributed by atoms with E-state index < -0.39 is 10.0 Å². The van der Waals surface area contributed by atoms with Crippen LogP contribution < -0.4 is 10.5 Å². The number of benzene rings is 1. The molecule has 2 aromatic rings. The zero-order valence-corrected chi connectivity index (χ0v) is 11.4. The van der Waals surface area contributed by atoms with Crippen LogP contribution in [0.3, 0.4) is 0 Å². The van der Waals surface area contributed by atoms with Crippen molar-refractivity contribution in [3.63, 3.8) is 0 Å². The molecule has 0 bridgehead atoms. The van der Waals surface area contributed by atoms with E-state index in [0.717, 1.165) is 5.39 Å². The van der Waals surface area contributed by atoms with Crippen LogP contribution in [0.2, 0.25) is 0 Å². The van der Waals surface area contributed by atoms with Crippen molar-refractivity contribution in [3.8, 4) is 6.07 Å². The topological polar surface area (TPSA) is 122 Å². The number of aromatic nitrogens is 2. The van der Waals surface area contributed by atoms with E-state index in [-0.39, 0.29) is 5.75 Å². The third kappa shape index (κ3) is 3.88. The third-order valence-electron chi connectivity index (χ3n) is 2.60. The number of fused-ring (bicyclic) bond motifs is 1. The minimum Gasteiger partial charge on any atom is -0.354 e. The van der Waals surface area contributed by atoms with Gasteiger partial charge in [-0.25, -0.2) is 23.5 Å². The minimum atomic E-state index is -3.43. The van der Waals surface area contributed by atoms with Crippen molar-refractivity contribution in [2.24, 2.45) is 5.14 Å². The summed E-state index contributed by atoms with van der Waals surface area (Å²) in [6, 6.07) is 7.18. The van der Waals surface area contributed by atoms with E-state index in [2.05, 4.69) is 15.3 Å². The number of nitrogens with zero attached hydrogens (tertiary/aromatic N) is 3. The van der Waals surface area contributed by atoms with Gasteiger partial charge < -0.3 is 5.32 Å². The van der Waals surface area contributed by atoms with Gasteiger partial charge in [-0.3, -0.25) is 0 Å². The van der Waals surface area contributed by atoms with Gasteiger partial charge in [-0.2, -0.15) is 5.26 Å². The van der Waals surface area contributed by atoms with Gasteiger partial charge in [-0.05, 0) is 24.6 Å². The standard InChI is InChI=1S/C12H13N5O2S/c13-7-9-2-3-11-10(6-9)8-16-12(17-11)15-4-1-5-20(14,18)19/h2-3,6,8H,1,4-5H2,(H2,14,18,19)(H,15,16,17). The Kier molecular flexibility index (Phi) is 4.12. The Hall–Kier alpha value is -2.24. The predicted octanol–water partition coefficient (Wildman–Crippen LogP) is 0.592. The lowest BCUT2D eigenvalue weighted by atomic mass is 10.2. The Bertz CT molecular complexity index is 767. The van der Waals surface area contributed by atoms with Crippen LogP contribution in [0.5, 0.6) is 0 Å². The van der Waals surface area contributed by atoms with Gasteiger partial charge in [0.15, 0.2) is 0 Å². The lowest BCUT2D eigenvalue weighted by Gasteiger charge is -2.05. The molecule has 0 saturated carbocycles. The van der Waals surface area contributed by atoms with Crippen molar-refractivity contribution in [1.82, 2.24) is 9.97 Å². The number of nitriles is 1. The summed E-state index contributed by atoms with van der Waals surface area (Å²) in [6.07, 6.45) is 2.00. The highest BCUT2D eigenvalue weighted by Crippen LogP contribution is 2.14. The molecule has 8 heteroatoms. The highest BCUT2D eigenvalue weighted by molar-refractivity contribution is 7.89. The second kappa shape index (κ2) is 5.81. The van der Waals surface area contributed by atoms with Gasteiger partial charge in [-0.15, -0.1) is 0 Å². The molecular weight excluding hydrogens is 278 g/mol. The van der Waals surface area contributed by atoms with Gasteiger partial charge in [0.1, 0.15) is 0 Å². The first kappa shape index (κ1) is 14.2. The van der Waals surface area contributed by atoms with Crippen molar-refractivity contribution < 1.29 is 8.42 Å². The molecule has 0 saturated heterocycles. The summed E-state index contributed by atoms with van der Waals surface area (Å²) < 4.78 is 21.5. The van der Waals surface area contributed by atoms with Gasteiger partial charge >= 0.3 is 0 Å². The fourth-order valence-electron chi connectivity index (χ4n) is 1.66. The molecule has 0 unspecified atom stereocenters. The van der Waals surface area contributed by atoms with Crippen molar-refractivity contribution in [3.05, 3.63) is 30.0 Å². The maximum absolute atomic E-state index is 10.8. The second-order valence-electron chi connectivity index (χ2n) is 4.23. The number of primary sulfonamides is 1. The van der Waals surface area contributed by atoms with E-state index in [4.69, 9.17) is 10.4 Å². The predicted molar refractivity (Wildman–Crippen MR) is 75.3 cm³/mol. The number of nitrogens with two attached hydrogens (primary N) is 1. The molecule has 0 fully saturated rings. The zero-order chi connectivity index (χ0) is 14.6. The first-order valence-corrected chi connectivity index (χ1v) is 7.61. The Labute approximate surface area is 116 Å². The van der Waals surface area contributed by atoms with E-state index in [1.807, 2.05) is 6.07 Å². The largest absolute Gasteiger partial charge is 0.354 e. The summed E-state index contributed by atoms with van der Waals surface area (Å²) in [5.74, 6) is 0.329. The third-order valence-corrected chi connectivity index (χ3v) is 3.46. The average Bonchev–Trinajstić information content (AvgIpc) is 2.42. The molecule has 20 heavy (non-hydrogen) atoms. The summed E-state index contributed by atoms with van der Waals surface area (Å²) >= 11 is 0. The van der Waals surface area contributed by atoms with Crippen molar-refractivity contribution in [2.45, 2.75) is 6.42 Å². The summed E-state index contributed by atoms with van der Waals surface area (Å²) in [6.45, 7) is 0.415.